The van der Waals surface area contributed by atoms with Crippen molar-refractivity contribution in [2.45, 2.75) is 26.4 Å². The third kappa shape index (κ3) is 5.75. The Labute approximate surface area is 149 Å². The molecule has 2 rings (SSSR count). The quantitative estimate of drug-likeness (QED) is 0.725. The van der Waals surface area contributed by atoms with E-state index in [9.17, 15) is 9.59 Å². The van der Waals surface area contributed by atoms with Crippen molar-refractivity contribution in [3.05, 3.63) is 35.3 Å². The summed E-state index contributed by atoms with van der Waals surface area (Å²) in [5.74, 6) is 0.599. The van der Waals surface area contributed by atoms with Gasteiger partial charge in [-0.3, -0.25) is 14.9 Å². The van der Waals surface area contributed by atoms with Crippen LogP contribution in [0.15, 0.2) is 29.6 Å². The Kier molecular flexibility index (Phi) is 6.76. The lowest BCUT2D eigenvalue weighted by molar-refractivity contribution is -0.142. The van der Waals surface area contributed by atoms with Crippen molar-refractivity contribution in [2.75, 3.05) is 19.0 Å². The smallest absolute Gasteiger partial charge is 0.311 e. The van der Waals surface area contributed by atoms with Crippen molar-refractivity contribution in [2.24, 2.45) is 0 Å². The molecule has 1 amide bonds. The van der Waals surface area contributed by atoms with Crippen LogP contribution in [0.5, 0.6) is 11.5 Å². The predicted molar refractivity (Wildman–Crippen MR) is 94.2 cm³/mol. The summed E-state index contributed by atoms with van der Waals surface area (Å²) in [6, 6.07) is 6.96. The summed E-state index contributed by atoms with van der Waals surface area (Å²) in [5, 5.41) is 4.80. The summed E-state index contributed by atoms with van der Waals surface area (Å²) in [5.41, 5.74) is 0.558. The van der Waals surface area contributed by atoms with Crippen LogP contribution in [0.25, 0.3) is 0 Å². The molecule has 1 heterocycles. The molecule has 0 saturated carbocycles. The largest absolute Gasteiger partial charge is 0.497 e. The monoisotopic (exact) mass is 364 g/mol. The van der Waals surface area contributed by atoms with Gasteiger partial charge in [-0.2, -0.15) is 0 Å². The lowest BCUT2D eigenvalue weighted by Gasteiger charge is -2.13. The highest BCUT2D eigenvalue weighted by atomic mass is 32.1. The summed E-state index contributed by atoms with van der Waals surface area (Å²) in [6.07, 6.45) is -0.622. The Morgan fingerprint density at radius 3 is 2.56 bits per heavy atom. The molecule has 0 bridgehead atoms. The van der Waals surface area contributed by atoms with Gasteiger partial charge in [-0.15, -0.1) is 11.3 Å². The SMILES string of the molecule is CCOC(=O)Cc1csc(NC(=O)[C@H](C)Oc2ccc(OC)cc2)n1. The number of carbonyl (C=O) groups is 2. The first-order valence-corrected chi connectivity index (χ1v) is 8.61. The third-order valence-electron chi connectivity index (χ3n) is 3.15. The fraction of sp³-hybridized carbons (Fsp3) is 0.353. The van der Waals surface area contributed by atoms with Gasteiger partial charge in [-0.25, -0.2) is 4.98 Å². The molecular formula is C17H20N2O5S. The van der Waals surface area contributed by atoms with E-state index in [1.807, 2.05) is 0 Å². The number of amides is 1. The molecule has 0 aliphatic carbocycles. The van der Waals surface area contributed by atoms with Crippen molar-refractivity contribution in [1.82, 2.24) is 4.98 Å². The van der Waals surface area contributed by atoms with Gasteiger partial charge >= 0.3 is 5.97 Å². The molecule has 2 aromatic rings. The van der Waals surface area contributed by atoms with Gasteiger partial charge in [0.05, 0.1) is 25.8 Å². The number of carbonyl (C=O) groups excluding carboxylic acids is 2. The first kappa shape index (κ1) is 18.7. The molecule has 0 fully saturated rings. The zero-order valence-corrected chi connectivity index (χ0v) is 15.1. The molecule has 0 unspecified atom stereocenters. The van der Waals surface area contributed by atoms with Crippen LogP contribution in [0, 0.1) is 0 Å². The van der Waals surface area contributed by atoms with Crippen LogP contribution in [-0.4, -0.2) is 36.7 Å². The van der Waals surface area contributed by atoms with E-state index < -0.39 is 6.10 Å². The minimum Gasteiger partial charge on any atom is -0.497 e. The summed E-state index contributed by atoms with van der Waals surface area (Å²) >= 11 is 1.24. The molecule has 1 atom stereocenters. The second-order valence-electron chi connectivity index (χ2n) is 5.05. The number of hydrogen-bond donors (Lipinski definition) is 1. The highest BCUT2D eigenvalue weighted by Crippen LogP contribution is 2.20. The van der Waals surface area contributed by atoms with Crippen LogP contribution < -0.4 is 14.8 Å². The number of nitrogens with one attached hydrogen (secondary N) is 1. The normalized spacial score (nSPS) is 11.5. The number of benzene rings is 1. The van der Waals surface area contributed by atoms with Crippen molar-refractivity contribution in [3.63, 3.8) is 0 Å². The maximum absolute atomic E-state index is 12.2. The van der Waals surface area contributed by atoms with Gasteiger partial charge in [0.25, 0.3) is 5.91 Å². The first-order valence-electron chi connectivity index (χ1n) is 7.73. The molecule has 1 aromatic heterocycles. The number of nitrogens with zero attached hydrogens (tertiary/aromatic N) is 1. The van der Waals surface area contributed by atoms with Crippen LogP contribution in [0.3, 0.4) is 0 Å². The Hall–Kier alpha value is -2.61. The second-order valence-corrected chi connectivity index (χ2v) is 5.91. The molecule has 0 radical (unpaired) electrons. The maximum atomic E-state index is 12.2. The van der Waals surface area contributed by atoms with Crippen molar-refractivity contribution < 1.29 is 23.8 Å². The van der Waals surface area contributed by atoms with Crippen LogP contribution in [0.4, 0.5) is 5.13 Å². The Morgan fingerprint density at radius 2 is 1.92 bits per heavy atom. The van der Waals surface area contributed by atoms with E-state index in [0.29, 0.717) is 28.9 Å². The van der Waals surface area contributed by atoms with E-state index in [2.05, 4.69) is 10.3 Å². The molecule has 25 heavy (non-hydrogen) atoms. The average molecular weight is 364 g/mol. The summed E-state index contributed by atoms with van der Waals surface area (Å²) in [6.45, 7) is 3.72. The topological polar surface area (TPSA) is 86.8 Å². The third-order valence-corrected chi connectivity index (χ3v) is 3.96. The van der Waals surface area contributed by atoms with Gasteiger partial charge in [0, 0.05) is 5.38 Å². The molecule has 0 aliphatic rings. The van der Waals surface area contributed by atoms with Gasteiger partial charge < -0.3 is 14.2 Å². The van der Waals surface area contributed by atoms with E-state index in [-0.39, 0.29) is 18.3 Å². The van der Waals surface area contributed by atoms with Crippen LogP contribution in [0.1, 0.15) is 19.5 Å². The molecule has 0 aliphatic heterocycles. The van der Waals surface area contributed by atoms with Gasteiger partial charge in [-0.05, 0) is 38.1 Å². The minimum absolute atomic E-state index is 0.0815. The highest BCUT2D eigenvalue weighted by Gasteiger charge is 2.17. The molecule has 0 saturated heterocycles. The minimum atomic E-state index is -0.703. The van der Waals surface area contributed by atoms with E-state index in [1.165, 1.54) is 11.3 Å². The predicted octanol–water partition coefficient (Wildman–Crippen LogP) is 2.66. The van der Waals surface area contributed by atoms with Gasteiger partial charge in [0.2, 0.25) is 0 Å². The maximum Gasteiger partial charge on any atom is 0.311 e. The van der Waals surface area contributed by atoms with Crippen molar-refractivity contribution >= 4 is 28.3 Å². The number of thiazole rings is 1. The number of aromatic nitrogens is 1. The fourth-order valence-electron chi connectivity index (χ4n) is 1.92. The van der Waals surface area contributed by atoms with Crippen molar-refractivity contribution in [1.29, 1.82) is 0 Å². The second kappa shape index (κ2) is 9.03. The fourth-order valence-corrected chi connectivity index (χ4v) is 2.64. The lowest BCUT2D eigenvalue weighted by Crippen LogP contribution is -2.30. The van der Waals surface area contributed by atoms with Gasteiger partial charge in [-0.1, -0.05) is 0 Å². The molecular weight excluding hydrogens is 344 g/mol. The summed E-state index contributed by atoms with van der Waals surface area (Å²) in [4.78, 5) is 27.8. The van der Waals surface area contributed by atoms with Crippen LogP contribution >= 0.6 is 11.3 Å². The number of hydrogen-bond acceptors (Lipinski definition) is 7. The average Bonchev–Trinajstić information content (AvgIpc) is 3.02. The number of ether oxygens (including phenoxy) is 3. The Balaban J connectivity index is 1.87. The van der Waals surface area contributed by atoms with Crippen LogP contribution in [0.2, 0.25) is 0 Å². The number of methoxy groups -OCH3 is 1. The van der Waals surface area contributed by atoms with Gasteiger partial charge in [0.15, 0.2) is 11.2 Å². The molecule has 1 N–H and O–H groups in total. The van der Waals surface area contributed by atoms with Crippen LogP contribution in [-0.2, 0) is 20.7 Å². The Morgan fingerprint density at radius 1 is 1.24 bits per heavy atom. The molecule has 1 aromatic carbocycles. The number of rotatable bonds is 8. The Bertz CT molecular complexity index is 714. The van der Waals surface area contributed by atoms with Gasteiger partial charge in [0.1, 0.15) is 11.5 Å². The summed E-state index contributed by atoms with van der Waals surface area (Å²) < 4.78 is 15.5. The van der Waals surface area contributed by atoms with E-state index >= 15 is 0 Å². The van der Waals surface area contributed by atoms with Crippen molar-refractivity contribution in [3.8, 4) is 11.5 Å². The zero-order valence-electron chi connectivity index (χ0n) is 14.3. The standard InChI is InChI=1S/C17H20N2O5S/c1-4-23-15(20)9-12-10-25-17(18-12)19-16(21)11(2)24-14-7-5-13(22-3)6-8-14/h5-8,10-11H,4,9H2,1-3H3,(H,18,19,21)/t11-/m0/s1. The number of esters is 1. The molecule has 134 valence electrons. The molecule has 8 heteroatoms. The zero-order chi connectivity index (χ0) is 18.2. The molecule has 0 spiro atoms. The summed E-state index contributed by atoms with van der Waals surface area (Å²) in [7, 11) is 1.58. The number of anilines is 1. The van der Waals surface area contributed by atoms with E-state index in [1.54, 1.807) is 50.6 Å². The molecule has 7 nitrogen and oxygen atoms in total. The van der Waals surface area contributed by atoms with E-state index in [4.69, 9.17) is 14.2 Å². The lowest BCUT2D eigenvalue weighted by atomic mass is 10.3. The van der Waals surface area contributed by atoms with E-state index in [0.717, 1.165) is 0 Å². The first-order chi connectivity index (χ1) is 12.0. The highest BCUT2D eigenvalue weighted by molar-refractivity contribution is 7.13.